The highest BCUT2D eigenvalue weighted by atomic mass is 16.1. The summed E-state index contributed by atoms with van der Waals surface area (Å²) in [7, 11) is 0. The van der Waals surface area contributed by atoms with Crippen molar-refractivity contribution in [1.29, 1.82) is 0 Å². The van der Waals surface area contributed by atoms with Gasteiger partial charge in [-0.05, 0) is 12.2 Å². The minimum Gasteiger partial charge on any atom is -0.724 e. The van der Waals surface area contributed by atoms with Gasteiger partial charge in [0.25, 0.3) is 0 Å². The second kappa shape index (κ2) is 29.6. The summed E-state index contributed by atoms with van der Waals surface area (Å²) in [5, 5.41) is 13.5. The van der Waals surface area contributed by atoms with E-state index in [1.807, 2.05) is 36.4 Å². The van der Waals surface area contributed by atoms with Crippen LogP contribution in [0.15, 0.2) is 36.4 Å². The van der Waals surface area contributed by atoms with E-state index < -0.39 is 0 Å². The molecule has 82 valence electrons. The SMILES string of the molecule is CCC.[N-]=C=O.[N-]=C=O.c1ccccc1. The molecule has 15 heavy (non-hydrogen) atoms. The van der Waals surface area contributed by atoms with E-state index in [2.05, 4.69) is 13.8 Å². The first-order valence-corrected chi connectivity index (χ1v) is 4.27. The molecule has 0 radical (unpaired) electrons. The van der Waals surface area contributed by atoms with Gasteiger partial charge < -0.3 is 10.8 Å². The molecule has 0 bridgehead atoms. The lowest BCUT2D eigenvalue weighted by molar-refractivity contribution is 0.568. The maximum absolute atomic E-state index is 8.24. The molecule has 0 aliphatic heterocycles. The smallest absolute Gasteiger partial charge is 0.0159 e. The Kier molecular flexibility index (Phi) is 37.0. The first-order chi connectivity index (χ1) is 7.24. The topological polar surface area (TPSA) is 78.7 Å². The van der Waals surface area contributed by atoms with Gasteiger partial charge in [-0.1, -0.05) is 56.7 Å². The molecular formula is C11H14N2O2-2. The molecule has 0 saturated carbocycles. The van der Waals surface area contributed by atoms with Gasteiger partial charge >= 0.3 is 0 Å². The van der Waals surface area contributed by atoms with Gasteiger partial charge in [0.1, 0.15) is 0 Å². The van der Waals surface area contributed by atoms with Crippen LogP contribution in [0.5, 0.6) is 0 Å². The van der Waals surface area contributed by atoms with E-state index in [4.69, 9.17) is 20.4 Å². The molecule has 4 nitrogen and oxygen atoms in total. The molecule has 0 amide bonds. The zero-order valence-electron chi connectivity index (χ0n) is 8.88. The van der Waals surface area contributed by atoms with Gasteiger partial charge in [0, 0.05) is 0 Å². The second-order valence-corrected chi connectivity index (χ2v) is 2.04. The Bertz CT molecular complexity index is 210. The average Bonchev–Trinajstić information content (AvgIpc) is 2.24. The highest BCUT2D eigenvalue weighted by molar-refractivity contribution is 5.37. The lowest BCUT2D eigenvalue weighted by Crippen LogP contribution is -1.47. The minimum absolute atomic E-state index is 0.500. The van der Waals surface area contributed by atoms with Crippen LogP contribution in [-0.2, 0) is 9.59 Å². The Hall–Kier alpha value is -2.02. The molecule has 0 aliphatic rings. The molecule has 1 aromatic carbocycles. The number of isocyanates is 2. The van der Waals surface area contributed by atoms with E-state index in [9.17, 15) is 0 Å². The van der Waals surface area contributed by atoms with Crippen molar-refractivity contribution in [2.45, 2.75) is 20.3 Å². The van der Waals surface area contributed by atoms with Crippen LogP contribution in [0.25, 0.3) is 10.8 Å². The largest absolute Gasteiger partial charge is 0.724 e. The van der Waals surface area contributed by atoms with Gasteiger partial charge in [0.15, 0.2) is 0 Å². The number of nitrogens with zero attached hydrogens (tertiary/aromatic N) is 2. The summed E-state index contributed by atoms with van der Waals surface area (Å²) in [4.78, 5) is 16.5. The minimum atomic E-state index is 0.500. The lowest BCUT2D eigenvalue weighted by atomic mass is 10.4. The second-order valence-electron chi connectivity index (χ2n) is 2.04. The van der Waals surface area contributed by atoms with Crippen molar-refractivity contribution >= 4 is 12.2 Å². The van der Waals surface area contributed by atoms with Crippen molar-refractivity contribution in [3.63, 3.8) is 0 Å². The van der Waals surface area contributed by atoms with Crippen LogP contribution < -0.4 is 0 Å². The van der Waals surface area contributed by atoms with Crippen LogP contribution in [0.3, 0.4) is 0 Å². The van der Waals surface area contributed by atoms with E-state index >= 15 is 0 Å². The van der Waals surface area contributed by atoms with Crippen LogP contribution in [-0.4, -0.2) is 12.2 Å². The fourth-order valence-corrected chi connectivity index (χ4v) is 0.385. The molecule has 0 saturated heterocycles. The van der Waals surface area contributed by atoms with Gasteiger partial charge in [-0.3, -0.25) is 9.59 Å². The Morgan fingerprint density at radius 1 is 0.800 bits per heavy atom. The highest BCUT2D eigenvalue weighted by Crippen LogP contribution is 1.79. The maximum atomic E-state index is 8.24. The molecule has 0 aromatic heterocycles. The fourth-order valence-electron chi connectivity index (χ4n) is 0.385. The number of hydrogen-bond acceptors (Lipinski definition) is 2. The average molecular weight is 206 g/mol. The lowest BCUT2D eigenvalue weighted by Gasteiger charge is -1.69. The van der Waals surface area contributed by atoms with E-state index in [0.717, 1.165) is 0 Å². The van der Waals surface area contributed by atoms with Gasteiger partial charge in [-0.15, -0.1) is 0 Å². The van der Waals surface area contributed by atoms with E-state index in [1.165, 1.54) is 6.42 Å². The molecule has 0 spiro atoms. The van der Waals surface area contributed by atoms with Crippen LogP contribution in [0.4, 0.5) is 0 Å². The number of rotatable bonds is 0. The number of carbonyl (C=O) groups excluding carboxylic acids is 2. The molecule has 1 aromatic rings. The Balaban J connectivity index is -0.000000140. The maximum Gasteiger partial charge on any atom is -0.0159 e. The molecule has 0 aliphatic carbocycles. The summed E-state index contributed by atoms with van der Waals surface area (Å²) in [5.74, 6) is 0. The van der Waals surface area contributed by atoms with Crippen molar-refractivity contribution in [2.24, 2.45) is 0 Å². The molecular weight excluding hydrogens is 192 g/mol. The predicted molar refractivity (Wildman–Crippen MR) is 60.5 cm³/mol. The zero-order valence-corrected chi connectivity index (χ0v) is 8.88. The molecule has 1 rings (SSSR count). The standard InChI is InChI=1S/C6H6.C3H8.2CNO/c1-2-4-6-5-3-1;1-3-2;2*2-1-3/h1-6H;3H2,1-2H3;;/q;;2*-1. The van der Waals surface area contributed by atoms with Gasteiger partial charge in [-0.25, -0.2) is 0 Å². The van der Waals surface area contributed by atoms with Crippen LogP contribution in [0.1, 0.15) is 20.3 Å². The van der Waals surface area contributed by atoms with E-state index in [-0.39, 0.29) is 0 Å². The Labute approximate surface area is 90.0 Å². The summed E-state index contributed by atoms with van der Waals surface area (Å²) < 4.78 is 0. The van der Waals surface area contributed by atoms with Crippen molar-refractivity contribution in [1.82, 2.24) is 0 Å². The van der Waals surface area contributed by atoms with Crippen molar-refractivity contribution in [3.05, 3.63) is 47.2 Å². The van der Waals surface area contributed by atoms with Gasteiger partial charge in [-0.2, -0.15) is 0 Å². The zero-order chi connectivity index (χ0) is 12.4. The van der Waals surface area contributed by atoms with E-state index in [0.29, 0.717) is 12.2 Å². The first-order valence-electron chi connectivity index (χ1n) is 4.27. The molecule has 0 N–H and O–H groups in total. The fraction of sp³-hybridized carbons (Fsp3) is 0.273. The molecule has 4 heteroatoms. The summed E-state index contributed by atoms with van der Waals surface area (Å²) in [6.45, 7) is 4.25. The molecule has 0 unspecified atom stereocenters. The summed E-state index contributed by atoms with van der Waals surface area (Å²) in [6, 6.07) is 12.0. The highest BCUT2D eigenvalue weighted by Gasteiger charge is 1.57. The van der Waals surface area contributed by atoms with Crippen LogP contribution >= 0.6 is 0 Å². The van der Waals surface area contributed by atoms with E-state index in [1.54, 1.807) is 0 Å². The van der Waals surface area contributed by atoms with Crippen molar-refractivity contribution in [2.75, 3.05) is 0 Å². The number of benzene rings is 1. The third-order valence-corrected chi connectivity index (χ3v) is 0.667. The normalized spacial score (nSPS) is 5.47. The third kappa shape index (κ3) is 75.3. The Morgan fingerprint density at radius 3 is 0.933 bits per heavy atom. The van der Waals surface area contributed by atoms with Crippen molar-refractivity contribution < 1.29 is 9.59 Å². The van der Waals surface area contributed by atoms with Crippen LogP contribution in [0.2, 0.25) is 0 Å². The molecule has 0 fully saturated rings. The number of hydrogen-bond donors (Lipinski definition) is 0. The molecule has 0 atom stereocenters. The summed E-state index contributed by atoms with van der Waals surface area (Å²) in [5.41, 5.74) is 0. The Morgan fingerprint density at radius 2 is 0.867 bits per heavy atom. The van der Waals surface area contributed by atoms with Gasteiger partial charge in [0.05, 0.1) is 0 Å². The van der Waals surface area contributed by atoms with Crippen LogP contribution in [0, 0.1) is 0 Å². The monoisotopic (exact) mass is 206 g/mol. The van der Waals surface area contributed by atoms with Crippen molar-refractivity contribution in [3.8, 4) is 0 Å². The first kappa shape index (κ1) is 18.7. The summed E-state index contributed by atoms with van der Waals surface area (Å²) >= 11 is 0. The van der Waals surface area contributed by atoms with Gasteiger partial charge in [0.2, 0.25) is 0 Å². The molecule has 0 heterocycles. The quantitative estimate of drug-likeness (QED) is 0.483. The third-order valence-electron chi connectivity index (χ3n) is 0.667. The predicted octanol–water partition coefficient (Wildman–Crippen LogP) is 2.89. The summed E-state index contributed by atoms with van der Waals surface area (Å²) in [6.07, 6.45) is 2.25.